The summed E-state index contributed by atoms with van der Waals surface area (Å²) in [5.41, 5.74) is 5.02. The molecule has 0 radical (unpaired) electrons. The number of nitro groups is 1. The first-order valence-corrected chi connectivity index (χ1v) is 6.48. The summed E-state index contributed by atoms with van der Waals surface area (Å²) in [4.78, 5) is 21.6. The van der Waals surface area contributed by atoms with Gasteiger partial charge < -0.3 is 15.8 Å². The van der Waals surface area contributed by atoms with E-state index in [-0.39, 0.29) is 29.1 Å². The molecule has 108 valence electrons. The van der Waals surface area contributed by atoms with Gasteiger partial charge in [0, 0.05) is 12.1 Å². The second-order valence-corrected chi connectivity index (χ2v) is 4.96. The van der Waals surface area contributed by atoms with E-state index in [4.69, 9.17) is 22.1 Å². The number of nitro benzene ring substituents is 1. The van der Waals surface area contributed by atoms with E-state index in [1.165, 1.54) is 18.2 Å². The zero-order chi connectivity index (χ0) is 14.7. The molecule has 20 heavy (non-hydrogen) atoms. The SMILES string of the molecule is NC(=O)C(COc1c(Cl)cccc1[N+](=O)[O-])NC1CC1. The fourth-order valence-corrected chi connectivity index (χ4v) is 1.92. The molecule has 7 nitrogen and oxygen atoms in total. The van der Waals surface area contributed by atoms with Crippen LogP contribution in [0.5, 0.6) is 5.75 Å². The van der Waals surface area contributed by atoms with Crippen LogP contribution in [0.3, 0.4) is 0 Å². The molecule has 3 N–H and O–H groups in total. The molecule has 1 aliphatic rings. The van der Waals surface area contributed by atoms with Gasteiger partial charge in [-0.2, -0.15) is 0 Å². The number of para-hydroxylation sites is 1. The first-order chi connectivity index (χ1) is 9.49. The molecule has 0 bridgehead atoms. The van der Waals surface area contributed by atoms with Gasteiger partial charge in [0.15, 0.2) is 0 Å². The smallest absolute Gasteiger partial charge is 0.312 e. The standard InChI is InChI=1S/C12H14ClN3O4/c13-8-2-1-3-10(16(18)19)11(8)20-6-9(12(14)17)15-7-4-5-7/h1-3,7,9,15H,4-6H2,(H2,14,17). The van der Waals surface area contributed by atoms with Crippen molar-refractivity contribution < 1.29 is 14.5 Å². The number of hydrogen-bond acceptors (Lipinski definition) is 5. The quantitative estimate of drug-likeness (QED) is 0.581. The predicted octanol–water partition coefficient (Wildman–Crippen LogP) is 1.23. The van der Waals surface area contributed by atoms with Crippen LogP contribution in [0.15, 0.2) is 18.2 Å². The second kappa shape index (κ2) is 6.06. The summed E-state index contributed by atoms with van der Waals surface area (Å²) in [6.07, 6.45) is 1.96. The zero-order valence-corrected chi connectivity index (χ0v) is 11.3. The average Bonchev–Trinajstić information content (AvgIpc) is 3.18. The minimum atomic E-state index is -0.696. The highest BCUT2D eigenvalue weighted by molar-refractivity contribution is 6.32. The number of ether oxygens (including phenoxy) is 1. The van der Waals surface area contributed by atoms with E-state index < -0.39 is 16.9 Å². The number of amides is 1. The number of carbonyl (C=O) groups is 1. The lowest BCUT2D eigenvalue weighted by Gasteiger charge is -2.16. The normalized spacial score (nSPS) is 15.7. The van der Waals surface area contributed by atoms with Gasteiger partial charge in [-0.15, -0.1) is 0 Å². The average molecular weight is 300 g/mol. The number of benzene rings is 1. The van der Waals surface area contributed by atoms with E-state index in [1.807, 2.05) is 0 Å². The minimum Gasteiger partial charge on any atom is -0.484 e. The molecule has 1 amide bonds. The molecule has 1 fully saturated rings. The van der Waals surface area contributed by atoms with Crippen LogP contribution in [0.2, 0.25) is 5.02 Å². The van der Waals surface area contributed by atoms with Crippen molar-refractivity contribution in [2.45, 2.75) is 24.9 Å². The largest absolute Gasteiger partial charge is 0.484 e. The van der Waals surface area contributed by atoms with Crippen molar-refractivity contribution in [3.63, 3.8) is 0 Å². The number of carbonyl (C=O) groups excluding carboxylic acids is 1. The van der Waals surface area contributed by atoms with Crippen LogP contribution in [0.4, 0.5) is 5.69 Å². The third-order valence-electron chi connectivity index (χ3n) is 2.89. The van der Waals surface area contributed by atoms with Crippen LogP contribution in [-0.2, 0) is 4.79 Å². The van der Waals surface area contributed by atoms with Gasteiger partial charge in [0.05, 0.1) is 9.95 Å². The molecule has 2 rings (SSSR count). The fourth-order valence-electron chi connectivity index (χ4n) is 1.70. The Hall–Kier alpha value is -1.86. The number of primary amides is 1. The second-order valence-electron chi connectivity index (χ2n) is 4.55. The topological polar surface area (TPSA) is 107 Å². The lowest BCUT2D eigenvalue weighted by atomic mass is 10.2. The van der Waals surface area contributed by atoms with Crippen LogP contribution in [0, 0.1) is 10.1 Å². The maximum absolute atomic E-state index is 11.3. The van der Waals surface area contributed by atoms with Crippen molar-refractivity contribution in [3.05, 3.63) is 33.3 Å². The third kappa shape index (κ3) is 3.58. The molecule has 1 aromatic carbocycles. The maximum Gasteiger partial charge on any atom is 0.312 e. The van der Waals surface area contributed by atoms with Gasteiger partial charge in [-0.25, -0.2) is 0 Å². The van der Waals surface area contributed by atoms with Crippen molar-refractivity contribution >= 4 is 23.2 Å². The van der Waals surface area contributed by atoms with Crippen LogP contribution >= 0.6 is 11.6 Å². The van der Waals surface area contributed by atoms with E-state index >= 15 is 0 Å². The molecule has 1 aromatic rings. The van der Waals surface area contributed by atoms with Crippen molar-refractivity contribution in [1.82, 2.24) is 5.32 Å². The summed E-state index contributed by atoms with van der Waals surface area (Å²) in [6, 6.07) is 3.80. The van der Waals surface area contributed by atoms with Crippen molar-refractivity contribution in [2.75, 3.05) is 6.61 Å². The Morgan fingerprint density at radius 2 is 2.30 bits per heavy atom. The number of rotatable bonds is 7. The highest BCUT2D eigenvalue weighted by atomic mass is 35.5. The highest BCUT2D eigenvalue weighted by Gasteiger charge is 2.28. The predicted molar refractivity (Wildman–Crippen MR) is 72.7 cm³/mol. The molecule has 0 heterocycles. The molecule has 0 aromatic heterocycles. The summed E-state index contributed by atoms with van der Waals surface area (Å²) in [5.74, 6) is -0.616. The van der Waals surface area contributed by atoms with Crippen molar-refractivity contribution in [2.24, 2.45) is 5.73 Å². The van der Waals surface area contributed by atoms with Gasteiger partial charge in [-0.3, -0.25) is 14.9 Å². The van der Waals surface area contributed by atoms with Gasteiger partial charge in [0.1, 0.15) is 12.6 Å². The molecule has 1 unspecified atom stereocenters. The molecule has 8 heteroatoms. The van der Waals surface area contributed by atoms with E-state index in [9.17, 15) is 14.9 Å². The summed E-state index contributed by atoms with van der Waals surface area (Å²) < 4.78 is 5.34. The van der Waals surface area contributed by atoms with E-state index in [0.29, 0.717) is 0 Å². The zero-order valence-electron chi connectivity index (χ0n) is 10.5. The number of hydrogen-bond donors (Lipinski definition) is 2. The van der Waals surface area contributed by atoms with Crippen LogP contribution in [-0.4, -0.2) is 29.5 Å². The molecule has 0 spiro atoms. The number of nitrogens with two attached hydrogens (primary N) is 1. The third-order valence-corrected chi connectivity index (χ3v) is 3.19. The Morgan fingerprint density at radius 3 is 2.85 bits per heavy atom. The molecule has 1 aliphatic carbocycles. The van der Waals surface area contributed by atoms with Crippen LogP contribution < -0.4 is 15.8 Å². The number of halogens is 1. The minimum absolute atomic E-state index is 0.0528. The van der Waals surface area contributed by atoms with Crippen LogP contribution in [0.25, 0.3) is 0 Å². The molecule has 0 saturated heterocycles. The Morgan fingerprint density at radius 1 is 1.60 bits per heavy atom. The maximum atomic E-state index is 11.3. The number of nitrogens with zero attached hydrogens (tertiary/aromatic N) is 1. The van der Waals surface area contributed by atoms with E-state index in [1.54, 1.807) is 0 Å². The first kappa shape index (κ1) is 14.5. The van der Waals surface area contributed by atoms with Gasteiger partial charge in [-0.1, -0.05) is 17.7 Å². The summed E-state index contributed by atoms with van der Waals surface area (Å²) >= 11 is 5.89. The highest BCUT2D eigenvalue weighted by Crippen LogP contribution is 2.34. The van der Waals surface area contributed by atoms with Gasteiger partial charge >= 0.3 is 5.69 Å². The summed E-state index contributed by atoms with van der Waals surface area (Å²) in [6.45, 7) is -0.101. The molecular formula is C12H14ClN3O4. The lowest BCUT2D eigenvalue weighted by Crippen LogP contribution is -2.46. The molecule has 1 atom stereocenters. The Labute approximate surface area is 120 Å². The first-order valence-electron chi connectivity index (χ1n) is 6.10. The van der Waals surface area contributed by atoms with E-state index in [0.717, 1.165) is 12.8 Å². The molecule has 1 saturated carbocycles. The molecular weight excluding hydrogens is 286 g/mol. The lowest BCUT2D eigenvalue weighted by molar-refractivity contribution is -0.385. The Bertz CT molecular complexity index is 533. The van der Waals surface area contributed by atoms with Gasteiger partial charge in [0.2, 0.25) is 11.7 Å². The monoisotopic (exact) mass is 299 g/mol. The Balaban J connectivity index is 2.08. The summed E-state index contributed by atoms with van der Waals surface area (Å²) in [7, 11) is 0. The number of nitrogens with one attached hydrogen (secondary N) is 1. The van der Waals surface area contributed by atoms with Crippen LogP contribution in [0.1, 0.15) is 12.8 Å². The van der Waals surface area contributed by atoms with Gasteiger partial charge in [0.25, 0.3) is 0 Å². The van der Waals surface area contributed by atoms with Crippen molar-refractivity contribution in [3.8, 4) is 5.75 Å². The van der Waals surface area contributed by atoms with E-state index in [2.05, 4.69) is 5.32 Å². The summed E-state index contributed by atoms with van der Waals surface area (Å²) in [5, 5.41) is 14.0. The molecule has 0 aliphatic heterocycles. The Kier molecular flexibility index (Phi) is 4.41. The van der Waals surface area contributed by atoms with Gasteiger partial charge in [-0.05, 0) is 18.9 Å². The van der Waals surface area contributed by atoms with Crippen molar-refractivity contribution in [1.29, 1.82) is 0 Å². The fraction of sp³-hybridized carbons (Fsp3) is 0.417.